The first-order chi connectivity index (χ1) is 9.97. The van der Waals surface area contributed by atoms with Crippen LogP contribution in [0.5, 0.6) is 0 Å². The summed E-state index contributed by atoms with van der Waals surface area (Å²) in [6.45, 7) is 3.97. The number of carbonyl (C=O) groups is 1. The number of hydrogen-bond acceptors (Lipinski definition) is 5. The Kier molecular flexibility index (Phi) is 3.62. The van der Waals surface area contributed by atoms with Gasteiger partial charge in [-0.1, -0.05) is 0 Å². The van der Waals surface area contributed by atoms with Crippen LogP contribution in [0.15, 0.2) is 0 Å². The fraction of sp³-hybridized carbons (Fsp3) is 0.571. The lowest BCUT2D eigenvalue weighted by Gasteiger charge is -2.29. The van der Waals surface area contributed by atoms with Gasteiger partial charge in [0.1, 0.15) is 9.71 Å². The molecule has 0 spiro atoms. The van der Waals surface area contributed by atoms with Gasteiger partial charge in [0, 0.05) is 13.1 Å². The highest BCUT2D eigenvalue weighted by molar-refractivity contribution is 7.21. The van der Waals surface area contributed by atoms with Gasteiger partial charge in [-0.2, -0.15) is 5.10 Å². The number of aryl methyl sites for hydroxylation is 2. The van der Waals surface area contributed by atoms with Gasteiger partial charge >= 0.3 is 0 Å². The first kappa shape index (κ1) is 14.3. The van der Waals surface area contributed by atoms with Gasteiger partial charge in [-0.3, -0.25) is 9.48 Å². The minimum Gasteiger partial charge on any atom is -0.397 e. The lowest BCUT2D eigenvalue weighted by Crippen LogP contribution is -2.43. The number of hydrogen-bond donors (Lipinski definition) is 2. The number of carbonyl (C=O) groups excluding carboxylic acids is 1. The highest BCUT2D eigenvalue weighted by atomic mass is 32.1. The molecule has 1 amide bonds. The summed E-state index contributed by atoms with van der Waals surface area (Å²) in [5, 5.41) is 8.38. The van der Waals surface area contributed by atoms with E-state index in [9.17, 15) is 4.79 Å². The lowest BCUT2D eigenvalue weighted by molar-refractivity contribution is 0.0922. The number of nitrogen functional groups attached to an aromatic ring is 1. The number of thiophene rings is 1. The summed E-state index contributed by atoms with van der Waals surface area (Å²) in [5.74, 6) is -0.0531. The number of anilines is 1. The van der Waals surface area contributed by atoms with Crippen molar-refractivity contribution >= 4 is 33.1 Å². The molecule has 3 rings (SSSR count). The van der Waals surface area contributed by atoms with E-state index >= 15 is 0 Å². The number of aromatic nitrogens is 2. The van der Waals surface area contributed by atoms with Gasteiger partial charge in [-0.05, 0) is 39.9 Å². The molecule has 0 aliphatic carbocycles. The number of fused-ring (bicyclic) bond motifs is 1. The fourth-order valence-electron chi connectivity index (χ4n) is 2.90. The molecule has 21 heavy (non-hydrogen) atoms. The van der Waals surface area contributed by atoms with E-state index in [0.717, 1.165) is 41.8 Å². The second-order valence-electron chi connectivity index (χ2n) is 5.79. The van der Waals surface area contributed by atoms with Crippen LogP contribution < -0.4 is 11.1 Å². The average molecular weight is 307 g/mol. The zero-order valence-electron chi connectivity index (χ0n) is 12.6. The highest BCUT2D eigenvalue weighted by Crippen LogP contribution is 2.35. The Morgan fingerprint density at radius 2 is 2.05 bits per heavy atom. The minimum absolute atomic E-state index is 0.0531. The summed E-state index contributed by atoms with van der Waals surface area (Å²) in [6.07, 6.45) is 1.99. The van der Waals surface area contributed by atoms with Crippen LogP contribution in [-0.4, -0.2) is 46.8 Å². The maximum absolute atomic E-state index is 12.5. The molecule has 1 aliphatic rings. The van der Waals surface area contributed by atoms with Crippen molar-refractivity contribution in [3.8, 4) is 0 Å². The van der Waals surface area contributed by atoms with Crippen molar-refractivity contribution in [2.24, 2.45) is 7.05 Å². The van der Waals surface area contributed by atoms with Crippen molar-refractivity contribution in [2.45, 2.75) is 25.8 Å². The number of nitrogens with two attached hydrogens (primary N) is 1. The molecule has 1 aliphatic heterocycles. The minimum atomic E-state index is -0.0531. The molecule has 114 valence electrons. The molecule has 7 heteroatoms. The van der Waals surface area contributed by atoms with Crippen LogP contribution in [0.25, 0.3) is 10.2 Å². The smallest absolute Gasteiger partial charge is 0.263 e. The summed E-state index contributed by atoms with van der Waals surface area (Å²) in [6, 6.07) is 0.248. The van der Waals surface area contributed by atoms with Crippen LogP contribution in [0.1, 0.15) is 28.2 Å². The Morgan fingerprint density at radius 1 is 1.38 bits per heavy atom. The number of nitrogens with zero attached hydrogens (tertiary/aromatic N) is 3. The summed E-state index contributed by atoms with van der Waals surface area (Å²) in [4.78, 5) is 16.3. The van der Waals surface area contributed by atoms with Gasteiger partial charge in [-0.15, -0.1) is 11.3 Å². The monoisotopic (exact) mass is 307 g/mol. The Morgan fingerprint density at radius 3 is 2.67 bits per heavy atom. The predicted molar refractivity (Wildman–Crippen MR) is 85.7 cm³/mol. The van der Waals surface area contributed by atoms with Crippen LogP contribution >= 0.6 is 11.3 Å². The van der Waals surface area contributed by atoms with Gasteiger partial charge in [-0.25, -0.2) is 0 Å². The summed E-state index contributed by atoms with van der Waals surface area (Å²) >= 11 is 1.42. The van der Waals surface area contributed by atoms with Crippen molar-refractivity contribution in [1.82, 2.24) is 20.0 Å². The second-order valence-corrected chi connectivity index (χ2v) is 6.78. The molecule has 3 N–H and O–H groups in total. The molecule has 0 atom stereocenters. The third kappa shape index (κ3) is 2.51. The van der Waals surface area contributed by atoms with Crippen LogP contribution in [0.3, 0.4) is 0 Å². The molecule has 1 saturated heterocycles. The van der Waals surface area contributed by atoms with Crippen LogP contribution in [-0.2, 0) is 7.05 Å². The first-order valence-electron chi connectivity index (χ1n) is 7.18. The van der Waals surface area contributed by atoms with Gasteiger partial charge in [0.05, 0.1) is 16.8 Å². The fourth-order valence-corrected chi connectivity index (χ4v) is 3.99. The van der Waals surface area contributed by atoms with Crippen LogP contribution in [0, 0.1) is 6.92 Å². The predicted octanol–water partition coefficient (Wildman–Crippen LogP) is 1.35. The van der Waals surface area contributed by atoms with Crippen molar-refractivity contribution in [1.29, 1.82) is 0 Å². The van der Waals surface area contributed by atoms with Crippen molar-refractivity contribution in [2.75, 3.05) is 25.9 Å². The Balaban J connectivity index is 1.82. The SMILES string of the molecule is Cc1nn(C)c2sc(C(=O)NC3CCN(C)CC3)c(N)c12. The summed E-state index contributed by atoms with van der Waals surface area (Å²) in [7, 11) is 3.99. The van der Waals surface area contributed by atoms with E-state index < -0.39 is 0 Å². The summed E-state index contributed by atoms with van der Waals surface area (Å²) < 4.78 is 1.79. The standard InChI is InChI=1S/C14H21N5OS/c1-8-10-11(15)12(21-14(10)19(3)17-8)13(20)16-9-4-6-18(2)7-5-9/h9H,4-7,15H2,1-3H3,(H,16,20). The maximum atomic E-state index is 12.5. The molecule has 0 aromatic carbocycles. The Labute approximate surface area is 127 Å². The molecule has 0 unspecified atom stereocenters. The van der Waals surface area contributed by atoms with Crippen molar-refractivity contribution < 1.29 is 4.79 Å². The van der Waals surface area contributed by atoms with E-state index in [2.05, 4.69) is 22.4 Å². The molecular weight excluding hydrogens is 286 g/mol. The van der Waals surface area contributed by atoms with E-state index in [4.69, 9.17) is 5.73 Å². The number of nitrogens with one attached hydrogen (secondary N) is 1. The molecule has 2 aromatic heterocycles. The first-order valence-corrected chi connectivity index (χ1v) is 8.00. The summed E-state index contributed by atoms with van der Waals surface area (Å²) in [5.41, 5.74) is 7.61. The number of amides is 1. The molecule has 6 nitrogen and oxygen atoms in total. The molecule has 0 saturated carbocycles. The third-order valence-corrected chi connectivity index (χ3v) is 5.41. The van der Waals surface area contributed by atoms with E-state index in [1.807, 2.05) is 14.0 Å². The van der Waals surface area contributed by atoms with E-state index in [-0.39, 0.29) is 11.9 Å². The normalized spacial score (nSPS) is 17.5. The van der Waals surface area contributed by atoms with Gasteiger partial charge < -0.3 is 16.0 Å². The highest BCUT2D eigenvalue weighted by Gasteiger charge is 2.24. The van der Waals surface area contributed by atoms with Gasteiger partial charge in [0.15, 0.2) is 0 Å². The zero-order valence-corrected chi connectivity index (χ0v) is 13.5. The molecule has 0 bridgehead atoms. The van der Waals surface area contributed by atoms with Crippen LogP contribution in [0.4, 0.5) is 5.69 Å². The van der Waals surface area contributed by atoms with E-state index in [1.165, 1.54) is 11.3 Å². The van der Waals surface area contributed by atoms with Gasteiger partial charge in [0.2, 0.25) is 0 Å². The van der Waals surface area contributed by atoms with Gasteiger partial charge in [0.25, 0.3) is 5.91 Å². The largest absolute Gasteiger partial charge is 0.397 e. The Hall–Kier alpha value is -1.60. The third-order valence-electron chi connectivity index (χ3n) is 4.14. The molecule has 0 radical (unpaired) electrons. The second kappa shape index (κ2) is 5.31. The number of rotatable bonds is 2. The van der Waals surface area contributed by atoms with E-state index in [0.29, 0.717) is 10.6 Å². The maximum Gasteiger partial charge on any atom is 0.263 e. The van der Waals surface area contributed by atoms with Crippen molar-refractivity contribution in [3.05, 3.63) is 10.6 Å². The Bertz CT molecular complexity index is 681. The molecule has 3 heterocycles. The molecular formula is C14H21N5OS. The van der Waals surface area contributed by atoms with Crippen LogP contribution in [0.2, 0.25) is 0 Å². The molecule has 2 aromatic rings. The van der Waals surface area contributed by atoms with Crippen molar-refractivity contribution in [3.63, 3.8) is 0 Å². The van der Waals surface area contributed by atoms with E-state index in [1.54, 1.807) is 4.68 Å². The molecule has 1 fully saturated rings. The quantitative estimate of drug-likeness (QED) is 0.878. The number of piperidine rings is 1. The zero-order chi connectivity index (χ0) is 15.1. The number of likely N-dealkylation sites (tertiary alicyclic amines) is 1. The average Bonchev–Trinajstić information content (AvgIpc) is 2.92. The topological polar surface area (TPSA) is 76.2 Å². The lowest BCUT2D eigenvalue weighted by atomic mass is 10.1.